The van der Waals surface area contributed by atoms with Crippen molar-refractivity contribution in [3.8, 4) is 0 Å². The third kappa shape index (κ3) is 6.12. The van der Waals surface area contributed by atoms with Gasteiger partial charge in [0.2, 0.25) is 0 Å². The van der Waals surface area contributed by atoms with Crippen LogP contribution in [0.1, 0.15) is 6.92 Å². The van der Waals surface area contributed by atoms with Gasteiger partial charge in [0.1, 0.15) is 0 Å². The molecule has 0 aromatic rings. The van der Waals surface area contributed by atoms with Crippen molar-refractivity contribution in [3.63, 3.8) is 0 Å². The molecule has 4 heteroatoms. The average Bonchev–Trinajstić information content (AvgIpc) is 2.04. The summed E-state index contributed by atoms with van der Waals surface area (Å²) in [6, 6.07) is 0. The van der Waals surface area contributed by atoms with Gasteiger partial charge in [0.15, 0.2) is 0 Å². The van der Waals surface area contributed by atoms with Crippen molar-refractivity contribution in [1.29, 1.82) is 0 Å². The van der Waals surface area contributed by atoms with Gasteiger partial charge in [0.25, 0.3) is 0 Å². The highest BCUT2D eigenvalue weighted by Gasteiger charge is 2.03. The predicted octanol–water partition coefficient (Wildman–Crippen LogP) is 0.297. The summed E-state index contributed by atoms with van der Waals surface area (Å²) in [5.74, 6) is -0.327. The van der Waals surface area contributed by atoms with Crippen LogP contribution in [0.3, 0.4) is 0 Å². The fourth-order valence-corrected chi connectivity index (χ4v) is 1.91. The molecule has 0 rings (SSSR count). The number of carbonyl (C=O) groups is 1. The number of methoxy groups -OCH3 is 1. The molecule has 0 N–H and O–H groups in total. The van der Waals surface area contributed by atoms with E-state index in [1.165, 1.54) is 6.08 Å². The number of esters is 1. The fraction of sp³-hybridized carbons (Fsp3) is 0.625. The molecule has 0 fully saturated rings. The monoisotopic (exact) mass is 188 g/mol. The Morgan fingerprint density at radius 2 is 2.42 bits per heavy atom. The van der Waals surface area contributed by atoms with E-state index in [1.807, 2.05) is 0 Å². The van der Waals surface area contributed by atoms with E-state index in [4.69, 9.17) is 9.47 Å². The summed E-state index contributed by atoms with van der Waals surface area (Å²) in [5.41, 5.74) is 0.563. The second kappa shape index (κ2) is 7.06. The van der Waals surface area contributed by atoms with Gasteiger partial charge in [0, 0.05) is 19.8 Å². The van der Waals surface area contributed by atoms with Crippen molar-refractivity contribution >= 4 is 15.5 Å². The van der Waals surface area contributed by atoms with Crippen LogP contribution >= 0.6 is 0 Å². The summed E-state index contributed by atoms with van der Waals surface area (Å²) in [5, 5.41) is 0. The quantitative estimate of drug-likeness (QED) is 0.341. The Labute approximate surface area is 75.6 Å². The molecule has 0 aliphatic carbocycles. The molecule has 0 radical (unpaired) electrons. The van der Waals surface area contributed by atoms with Crippen molar-refractivity contribution in [1.82, 2.24) is 0 Å². The SMILES string of the molecule is C=CC(=O)OC[SiH2]C(C)COC. The Hall–Kier alpha value is -0.613. The number of carbonyl (C=O) groups excluding carboxylic acids is 1. The lowest BCUT2D eigenvalue weighted by atomic mass is 10.5. The van der Waals surface area contributed by atoms with E-state index in [1.54, 1.807) is 7.11 Å². The van der Waals surface area contributed by atoms with Crippen molar-refractivity contribution in [2.75, 3.05) is 19.9 Å². The Morgan fingerprint density at radius 1 is 1.75 bits per heavy atom. The highest BCUT2D eigenvalue weighted by molar-refractivity contribution is 6.37. The summed E-state index contributed by atoms with van der Waals surface area (Å²) >= 11 is 0. The first-order valence-corrected chi connectivity index (χ1v) is 5.80. The second-order valence-electron chi connectivity index (χ2n) is 2.72. The van der Waals surface area contributed by atoms with E-state index in [9.17, 15) is 4.79 Å². The Bertz CT molecular complexity index is 147. The lowest BCUT2D eigenvalue weighted by molar-refractivity contribution is -0.135. The van der Waals surface area contributed by atoms with Crippen LogP contribution in [0, 0.1) is 0 Å². The first kappa shape index (κ1) is 11.4. The van der Waals surface area contributed by atoms with Gasteiger partial charge in [-0.05, 0) is 5.54 Å². The first-order valence-electron chi connectivity index (χ1n) is 3.98. The van der Waals surface area contributed by atoms with Gasteiger partial charge in [-0.2, -0.15) is 0 Å². The third-order valence-electron chi connectivity index (χ3n) is 1.47. The van der Waals surface area contributed by atoms with Crippen molar-refractivity contribution in [2.24, 2.45) is 0 Å². The van der Waals surface area contributed by atoms with E-state index in [0.29, 0.717) is 11.8 Å². The van der Waals surface area contributed by atoms with Gasteiger partial charge in [-0.1, -0.05) is 13.5 Å². The van der Waals surface area contributed by atoms with Crippen LogP contribution in [0.4, 0.5) is 0 Å². The Balaban J connectivity index is 3.30. The average molecular weight is 188 g/mol. The van der Waals surface area contributed by atoms with Crippen LogP contribution in [0.25, 0.3) is 0 Å². The van der Waals surface area contributed by atoms with Crippen LogP contribution in [-0.2, 0) is 14.3 Å². The molecule has 0 heterocycles. The molecule has 0 amide bonds. The van der Waals surface area contributed by atoms with Crippen LogP contribution < -0.4 is 0 Å². The number of ether oxygens (including phenoxy) is 2. The van der Waals surface area contributed by atoms with Gasteiger partial charge in [0.05, 0.1) is 15.7 Å². The highest BCUT2D eigenvalue weighted by atomic mass is 28.2. The molecule has 3 nitrogen and oxygen atoms in total. The molecule has 0 saturated heterocycles. The van der Waals surface area contributed by atoms with Gasteiger partial charge in [-0.15, -0.1) is 0 Å². The van der Waals surface area contributed by atoms with Crippen LogP contribution in [0.2, 0.25) is 5.54 Å². The molecular formula is C8H16O3Si. The molecule has 0 aromatic carbocycles. The molecule has 1 unspecified atom stereocenters. The minimum absolute atomic E-state index is 0.327. The summed E-state index contributed by atoms with van der Waals surface area (Å²) in [7, 11) is 1.34. The number of rotatable bonds is 6. The molecule has 0 spiro atoms. The van der Waals surface area contributed by atoms with Crippen molar-refractivity contribution < 1.29 is 14.3 Å². The molecule has 12 heavy (non-hydrogen) atoms. The van der Waals surface area contributed by atoms with Crippen LogP contribution in [0.5, 0.6) is 0 Å². The molecule has 0 bridgehead atoms. The first-order chi connectivity index (χ1) is 5.70. The highest BCUT2D eigenvalue weighted by Crippen LogP contribution is 1.99. The molecule has 0 aromatic heterocycles. The molecule has 0 aliphatic heterocycles. The van der Waals surface area contributed by atoms with Gasteiger partial charge < -0.3 is 9.47 Å². The minimum Gasteiger partial charge on any atom is -0.467 e. The summed E-state index contributed by atoms with van der Waals surface area (Å²) in [4.78, 5) is 10.6. The molecule has 70 valence electrons. The Kier molecular flexibility index (Phi) is 6.70. The van der Waals surface area contributed by atoms with E-state index in [2.05, 4.69) is 13.5 Å². The molecule has 0 saturated carbocycles. The third-order valence-corrected chi connectivity index (χ3v) is 3.13. The van der Waals surface area contributed by atoms with E-state index in [-0.39, 0.29) is 15.5 Å². The van der Waals surface area contributed by atoms with Crippen molar-refractivity contribution in [3.05, 3.63) is 12.7 Å². The zero-order valence-corrected chi connectivity index (χ0v) is 9.12. The lowest BCUT2D eigenvalue weighted by Gasteiger charge is -2.08. The van der Waals surface area contributed by atoms with E-state index >= 15 is 0 Å². The molecule has 1 atom stereocenters. The Morgan fingerprint density at radius 3 is 2.92 bits per heavy atom. The topological polar surface area (TPSA) is 35.5 Å². The molecule has 0 aliphatic rings. The van der Waals surface area contributed by atoms with Crippen LogP contribution in [-0.4, -0.2) is 35.4 Å². The van der Waals surface area contributed by atoms with Crippen molar-refractivity contribution in [2.45, 2.75) is 12.5 Å². The standard InChI is InChI=1S/C8H16O3Si/c1-4-8(9)11-6-12-7(2)5-10-3/h4,7H,1,5-6,12H2,2-3H3. The second-order valence-corrected chi connectivity index (χ2v) is 5.10. The normalized spacial score (nSPS) is 13.2. The smallest absolute Gasteiger partial charge is 0.329 e. The summed E-state index contributed by atoms with van der Waals surface area (Å²) in [6.45, 7) is 6.18. The minimum atomic E-state index is -0.343. The predicted molar refractivity (Wildman–Crippen MR) is 51.0 cm³/mol. The molecular weight excluding hydrogens is 172 g/mol. The maximum Gasteiger partial charge on any atom is 0.329 e. The van der Waals surface area contributed by atoms with Gasteiger partial charge >= 0.3 is 5.97 Å². The lowest BCUT2D eigenvalue weighted by Crippen LogP contribution is -2.15. The zero-order chi connectivity index (χ0) is 9.40. The number of hydrogen-bond acceptors (Lipinski definition) is 3. The number of hydrogen-bond donors (Lipinski definition) is 0. The maximum absolute atomic E-state index is 10.6. The van der Waals surface area contributed by atoms with E-state index < -0.39 is 0 Å². The fourth-order valence-electron chi connectivity index (χ4n) is 0.787. The summed E-state index contributed by atoms with van der Waals surface area (Å²) < 4.78 is 9.82. The summed E-state index contributed by atoms with van der Waals surface area (Å²) in [6.07, 6.45) is 1.77. The maximum atomic E-state index is 10.6. The van der Waals surface area contributed by atoms with Gasteiger partial charge in [-0.25, -0.2) is 4.79 Å². The van der Waals surface area contributed by atoms with Crippen LogP contribution in [0.15, 0.2) is 12.7 Å². The van der Waals surface area contributed by atoms with E-state index in [0.717, 1.165) is 6.61 Å². The zero-order valence-electron chi connectivity index (χ0n) is 7.71. The largest absolute Gasteiger partial charge is 0.467 e. The van der Waals surface area contributed by atoms with Gasteiger partial charge in [-0.3, -0.25) is 0 Å².